The monoisotopic (exact) mass is 246 g/mol. The lowest BCUT2D eigenvalue weighted by atomic mass is 10.1. The number of aryl methyl sites for hydroxylation is 2. The van der Waals surface area contributed by atoms with E-state index in [2.05, 4.69) is 0 Å². The summed E-state index contributed by atoms with van der Waals surface area (Å²) >= 11 is 0. The van der Waals surface area contributed by atoms with Gasteiger partial charge in [0.15, 0.2) is 0 Å². The van der Waals surface area contributed by atoms with Crippen LogP contribution in [0.5, 0.6) is 0 Å². The van der Waals surface area contributed by atoms with Gasteiger partial charge in [0.25, 0.3) is 5.69 Å². The highest BCUT2D eigenvalue weighted by molar-refractivity contribution is 6.07. The molecule has 0 unspecified atom stereocenters. The third kappa shape index (κ3) is 1.32. The van der Waals surface area contributed by atoms with Gasteiger partial charge in [-0.05, 0) is 25.0 Å². The highest BCUT2D eigenvalue weighted by atomic mass is 16.6. The Morgan fingerprint density at radius 2 is 2.22 bits per heavy atom. The van der Waals surface area contributed by atoms with Gasteiger partial charge in [0.2, 0.25) is 0 Å². The number of carboxylic acids is 1. The molecule has 0 saturated heterocycles. The number of benzene rings is 1. The Bertz CT molecular complexity index is 687. The average Bonchev–Trinajstić information content (AvgIpc) is 2.86. The van der Waals surface area contributed by atoms with E-state index in [1.54, 1.807) is 12.1 Å². The largest absolute Gasteiger partial charge is 0.477 e. The van der Waals surface area contributed by atoms with Gasteiger partial charge in [0, 0.05) is 29.2 Å². The zero-order chi connectivity index (χ0) is 12.9. The molecule has 6 heteroatoms. The molecule has 0 amide bonds. The van der Waals surface area contributed by atoms with Gasteiger partial charge < -0.3 is 9.67 Å². The summed E-state index contributed by atoms with van der Waals surface area (Å²) in [6.45, 7) is 0.843. The van der Waals surface area contributed by atoms with Gasteiger partial charge in [0.1, 0.15) is 5.56 Å². The van der Waals surface area contributed by atoms with Crippen molar-refractivity contribution in [3.63, 3.8) is 0 Å². The predicted octanol–water partition coefficient (Wildman–Crippen LogP) is 2.19. The summed E-state index contributed by atoms with van der Waals surface area (Å²) in [6.07, 6.45) is 1.92. The summed E-state index contributed by atoms with van der Waals surface area (Å²) in [5.74, 6) is -1.25. The van der Waals surface area contributed by atoms with E-state index in [-0.39, 0.29) is 11.3 Å². The number of nitrogens with zero attached hydrogens (tertiary/aromatic N) is 2. The molecule has 1 aliphatic heterocycles. The summed E-state index contributed by atoms with van der Waals surface area (Å²) in [5.41, 5.74) is 1.26. The average molecular weight is 246 g/mol. The first-order chi connectivity index (χ1) is 8.59. The van der Waals surface area contributed by atoms with Crippen LogP contribution in [0.3, 0.4) is 0 Å². The second-order valence-corrected chi connectivity index (χ2v) is 4.35. The van der Waals surface area contributed by atoms with Crippen molar-refractivity contribution in [2.45, 2.75) is 19.4 Å². The van der Waals surface area contributed by atoms with Crippen molar-refractivity contribution in [1.82, 2.24) is 4.57 Å². The molecule has 0 aliphatic carbocycles. The molecule has 92 valence electrons. The van der Waals surface area contributed by atoms with Crippen LogP contribution in [-0.2, 0) is 13.0 Å². The second-order valence-electron chi connectivity index (χ2n) is 4.35. The summed E-state index contributed by atoms with van der Waals surface area (Å²) in [6, 6.07) is 4.67. The Balaban J connectivity index is 2.39. The van der Waals surface area contributed by atoms with E-state index in [1.807, 2.05) is 4.57 Å². The lowest BCUT2D eigenvalue weighted by molar-refractivity contribution is -0.385. The van der Waals surface area contributed by atoms with Gasteiger partial charge in [0.05, 0.1) is 4.92 Å². The number of hydrogen-bond donors (Lipinski definition) is 1. The summed E-state index contributed by atoms with van der Waals surface area (Å²) in [4.78, 5) is 21.5. The fraction of sp³-hybridized carbons (Fsp3) is 0.250. The van der Waals surface area contributed by atoms with Crippen molar-refractivity contribution in [3.8, 4) is 0 Å². The number of fused-ring (bicyclic) bond motifs is 3. The van der Waals surface area contributed by atoms with Gasteiger partial charge in [-0.3, -0.25) is 10.1 Å². The standard InChI is InChI=1S/C12H10N2O4/c15-12(16)11-8-6-7-2-1-5-13(7)9(8)3-4-10(11)14(17)18/h3-4,6H,1-2,5H2,(H,15,16). The molecule has 0 saturated carbocycles. The first-order valence-electron chi connectivity index (χ1n) is 5.62. The van der Waals surface area contributed by atoms with Crippen molar-refractivity contribution < 1.29 is 14.8 Å². The van der Waals surface area contributed by atoms with Crippen LogP contribution in [0.4, 0.5) is 5.69 Å². The molecular weight excluding hydrogens is 236 g/mol. The SMILES string of the molecule is O=C(O)c1c([N+](=O)[O-])ccc2c1cc1n2CCC1. The molecule has 2 heterocycles. The third-order valence-corrected chi connectivity index (χ3v) is 3.37. The van der Waals surface area contributed by atoms with Crippen LogP contribution in [0.25, 0.3) is 10.9 Å². The van der Waals surface area contributed by atoms with Crippen LogP contribution < -0.4 is 0 Å². The molecule has 18 heavy (non-hydrogen) atoms. The van der Waals surface area contributed by atoms with Gasteiger partial charge in [-0.2, -0.15) is 0 Å². The molecule has 1 aromatic heterocycles. The molecule has 1 N–H and O–H groups in total. The molecule has 0 bridgehead atoms. The van der Waals surface area contributed by atoms with E-state index in [0.29, 0.717) is 5.39 Å². The maximum atomic E-state index is 11.3. The number of carboxylic acid groups (broad SMARTS) is 1. The number of hydrogen-bond acceptors (Lipinski definition) is 3. The molecule has 0 radical (unpaired) electrons. The molecule has 3 rings (SSSR count). The molecule has 0 atom stereocenters. The highest BCUT2D eigenvalue weighted by Gasteiger charge is 2.26. The molecule has 1 aliphatic rings. The fourth-order valence-corrected chi connectivity index (χ4v) is 2.64. The van der Waals surface area contributed by atoms with Crippen molar-refractivity contribution in [3.05, 3.63) is 39.6 Å². The van der Waals surface area contributed by atoms with Crippen LogP contribution in [0, 0.1) is 10.1 Å². The smallest absolute Gasteiger partial charge is 0.343 e. The van der Waals surface area contributed by atoms with Crippen molar-refractivity contribution in [1.29, 1.82) is 0 Å². The van der Waals surface area contributed by atoms with Crippen LogP contribution in [0.2, 0.25) is 0 Å². The fourth-order valence-electron chi connectivity index (χ4n) is 2.64. The minimum absolute atomic E-state index is 0.209. The summed E-state index contributed by atoms with van der Waals surface area (Å²) in [7, 11) is 0. The molecule has 6 nitrogen and oxygen atoms in total. The number of aromatic carboxylic acids is 1. The number of nitro benzene ring substituents is 1. The molecule has 1 aromatic carbocycles. The van der Waals surface area contributed by atoms with Crippen molar-refractivity contribution in [2.24, 2.45) is 0 Å². The third-order valence-electron chi connectivity index (χ3n) is 3.37. The lowest BCUT2D eigenvalue weighted by Gasteiger charge is -2.03. The van der Waals surface area contributed by atoms with Crippen LogP contribution in [-0.4, -0.2) is 20.6 Å². The predicted molar refractivity (Wildman–Crippen MR) is 63.9 cm³/mol. The Morgan fingerprint density at radius 1 is 1.44 bits per heavy atom. The van der Waals surface area contributed by atoms with Crippen LogP contribution in [0.15, 0.2) is 18.2 Å². The van der Waals surface area contributed by atoms with E-state index in [1.165, 1.54) is 6.07 Å². The highest BCUT2D eigenvalue weighted by Crippen LogP contribution is 2.33. The molecule has 2 aromatic rings. The Labute approximate surface area is 102 Å². The van der Waals surface area contributed by atoms with Crippen molar-refractivity contribution >= 4 is 22.6 Å². The Hall–Kier alpha value is -2.37. The summed E-state index contributed by atoms with van der Waals surface area (Å²) in [5, 5.41) is 20.5. The number of aromatic nitrogens is 1. The van der Waals surface area contributed by atoms with Crippen LogP contribution in [0.1, 0.15) is 22.5 Å². The van der Waals surface area contributed by atoms with Gasteiger partial charge in [-0.15, -0.1) is 0 Å². The quantitative estimate of drug-likeness (QED) is 0.650. The normalized spacial score (nSPS) is 13.8. The Morgan fingerprint density at radius 3 is 2.89 bits per heavy atom. The van der Waals surface area contributed by atoms with E-state index >= 15 is 0 Å². The Kier molecular flexibility index (Phi) is 2.13. The topological polar surface area (TPSA) is 85.4 Å². The minimum atomic E-state index is -1.25. The first-order valence-corrected chi connectivity index (χ1v) is 5.62. The number of nitro groups is 1. The van der Waals surface area contributed by atoms with Crippen molar-refractivity contribution in [2.75, 3.05) is 0 Å². The van der Waals surface area contributed by atoms with Crippen LogP contribution >= 0.6 is 0 Å². The minimum Gasteiger partial charge on any atom is -0.477 e. The van der Waals surface area contributed by atoms with E-state index in [4.69, 9.17) is 0 Å². The maximum Gasteiger partial charge on any atom is 0.343 e. The maximum absolute atomic E-state index is 11.3. The number of rotatable bonds is 2. The first kappa shape index (κ1) is 10.8. The molecular formula is C12H10N2O4. The summed E-state index contributed by atoms with van der Waals surface area (Å²) < 4.78 is 2.03. The lowest BCUT2D eigenvalue weighted by Crippen LogP contribution is -2.03. The molecule has 0 spiro atoms. The van der Waals surface area contributed by atoms with E-state index in [9.17, 15) is 20.0 Å². The molecule has 0 fully saturated rings. The zero-order valence-corrected chi connectivity index (χ0v) is 9.42. The van der Waals surface area contributed by atoms with Gasteiger partial charge >= 0.3 is 5.97 Å². The van der Waals surface area contributed by atoms with E-state index < -0.39 is 10.9 Å². The van der Waals surface area contributed by atoms with Gasteiger partial charge in [-0.1, -0.05) is 0 Å². The number of carbonyl (C=O) groups is 1. The zero-order valence-electron chi connectivity index (χ0n) is 9.42. The second kappa shape index (κ2) is 3.56. The van der Waals surface area contributed by atoms with Gasteiger partial charge in [-0.25, -0.2) is 4.79 Å². The van der Waals surface area contributed by atoms with E-state index in [0.717, 1.165) is 30.6 Å².